The molecule has 0 heterocycles. The number of benzene rings is 2. The normalized spacial score (nSPS) is 12.2. The Labute approximate surface area is 128 Å². The number of hydrogen-bond acceptors (Lipinski definition) is 2. The molecule has 0 aliphatic carbocycles. The van der Waals surface area contributed by atoms with Crippen LogP contribution >= 0.6 is 35.8 Å². The van der Waals surface area contributed by atoms with Crippen molar-refractivity contribution in [1.29, 1.82) is 0 Å². The minimum atomic E-state index is 0.222. The highest BCUT2D eigenvalue weighted by Gasteiger charge is 2.11. The number of hydrogen-bond donors (Lipinski definition) is 1. The second kappa shape index (κ2) is 7.09. The van der Waals surface area contributed by atoms with E-state index in [1.807, 2.05) is 18.2 Å². The van der Waals surface area contributed by atoms with E-state index in [0.717, 1.165) is 0 Å². The molecule has 0 amide bonds. The maximum atomic E-state index is 6.07. The summed E-state index contributed by atoms with van der Waals surface area (Å²) in [6, 6.07) is 15.4. The van der Waals surface area contributed by atoms with Crippen molar-refractivity contribution in [2.75, 3.05) is 12.4 Å². The predicted molar refractivity (Wildman–Crippen MR) is 85.0 cm³/mol. The van der Waals surface area contributed by atoms with Gasteiger partial charge in [-0.05, 0) is 17.7 Å². The average molecular weight is 313 g/mol. The Morgan fingerprint density at radius 3 is 2.47 bits per heavy atom. The van der Waals surface area contributed by atoms with Crippen LogP contribution in [0.1, 0.15) is 11.5 Å². The molecule has 0 fully saturated rings. The van der Waals surface area contributed by atoms with Crippen LogP contribution in [-0.4, -0.2) is 12.4 Å². The van der Waals surface area contributed by atoms with Gasteiger partial charge < -0.3 is 4.74 Å². The summed E-state index contributed by atoms with van der Waals surface area (Å²) in [7, 11) is 0. The highest BCUT2D eigenvalue weighted by atomic mass is 35.5. The maximum Gasteiger partial charge on any atom is 0.139 e. The van der Waals surface area contributed by atoms with Crippen LogP contribution in [0.3, 0.4) is 0 Å². The molecule has 0 N–H and O–H groups in total. The molecule has 19 heavy (non-hydrogen) atoms. The Hall–Kier alpha value is -0.830. The van der Waals surface area contributed by atoms with Crippen molar-refractivity contribution in [2.45, 2.75) is 5.92 Å². The molecule has 0 radical (unpaired) electrons. The summed E-state index contributed by atoms with van der Waals surface area (Å²) < 4.78 is 5.76. The Morgan fingerprint density at radius 1 is 1.05 bits per heavy atom. The first kappa shape index (κ1) is 14.6. The zero-order valence-corrected chi connectivity index (χ0v) is 12.6. The molecule has 1 atom stereocenters. The van der Waals surface area contributed by atoms with Gasteiger partial charge in [-0.25, -0.2) is 0 Å². The summed E-state index contributed by atoms with van der Waals surface area (Å²) in [6.45, 7) is 0.521. The summed E-state index contributed by atoms with van der Waals surface area (Å²) in [5, 5.41) is 1.18. The van der Waals surface area contributed by atoms with Crippen LogP contribution in [0.5, 0.6) is 5.75 Å². The van der Waals surface area contributed by atoms with Crippen molar-refractivity contribution in [2.24, 2.45) is 0 Å². The third-order valence-electron chi connectivity index (χ3n) is 2.82. The fourth-order valence-corrected chi connectivity index (χ4v) is 2.41. The van der Waals surface area contributed by atoms with Crippen molar-refractivity contribution in [3.05, 3.63) is 64.1 Å². The lowest BCUT2D eigenvalue weighted by Gasteiger charge is -2.16. The van der Waals surface area contributed by atoms with Crippen LogP contribution in [0.2, 0.25) is 10.0 Å². The van der Waals surface area contributed by atoms with Gasteiger partial charge in [0.1, 0.15) is 5.75 Å². The fraction of sp³-hybridized carbons (Fsp3) is 0.200. The molecular weight excluding hydrogens is 299 g/mol. The lowest BCUT2D eigenvalue weighted by atomic mass is 10.0. The molecule has 4 heteroatoms. The van der Waals surface area contributed by atoms with Crippen LogP contribution < -0.4 is 4.74 Å². The van der Waals surface area contributed by atoms with Gasteiger partial charge in [-0.3, -0.25) is 0 Å². The minimum absolute atomic E-state index is 0.222. The number of rotatable bonds is 5. The van der Waals surface area contributed by atoms with E-state index in [9.17, 15) is 0 Å². The molecule has 0 bridgehead atoms. The Kier molecular flexibility index (Phi) is 5.44. The highest BCUT2D eigenvalue weighted by Crippen LogP contribution is 2.29. The summed E-state index contributed by atoms with van der Waals surface area (Å²) in [4.78, 5) is 0. The van der Waals surface area contributed by atoms with Crippen molar-refractivity contribution >= 4 is 35.8 Å². The first-order chi connectivity index (χ1) is 9.20. The van der Waals surface area contributed by atoms with Crippen molar-refractivity contribution in [3.8, 4) is 5.75 Å². The Morgan fingerprint density at radius 2 is 1.79 bits per heavy atom. The molecule has 100 valence electrons. The third-order valence-corrected chi connectivity index (χ3v) is 3.81. The number of thiol groups is 1. The molecule has 0 aliphatic rings. The largest absolute Gasteiger partial charge is 0.491 e. The maximum absolute atomic E-state index is 6.07. The molecule has 2 rings (SSSR count). The van der Waals surface area contributed by atoms with E-state index < -0.39 is 0 Å². The molecule has 0 spiro atoms. The molecule has 0 aromatic heterocycles. The summed E-state index contributed by atoms with van der Waals surface area (Å²) in [5.74, 6) is 1.54. The standard InChI is InChI=1S/C15H14Cl2OS/c16-13-6-7-14(17)15(8-13)18-9-12(10-19)11-4-2-1-3-5-11/h1-8,12,19H,9-10H2. The SMILES string of the molecule is SCC(COc1cc(Cl)ccc1Cl)c1ccccc1. The van der Waals surface area contributed by atoms with Gasteiger partial charge in [-0.1, -0.05) is 53.5 Å². The quantitative estimate of drug-likeness (QED) is 0.757. The number of halogens is 2. The van der Waals surface area contributed by atoms with Crippen LogP contribution in [0.15, 0.2) is 48.5 Å². The lowest BCUT2D eigenvalue weighted by molar-refractivity contribution is 0.298. The van der Waals surface area contributed by atoms with E-state index in [-0.39, 0.29) is 5.92 Å². The summed E-state index contributed by atoms with van der Waals surface area (Å²) in [5.41, 5.74) is 1.20. The van der Waals surface area contributed by atoms with E-state index in [2.05, 4.69) is 24.8 Å². The van der Waals surface area contributed by atoms with Gasteiger partial charge in [0.25, 0.3) is 0 Å². The van der Waals surface area contributed by atoms with Crippen molar-refractivity contribution in [1.82, 2.24) is 0 Å². The van der Waals surface area contributed by atoms with Gasteiger partial charge in [-0.15, -0.1) is 0 Å². The van der Waals surface area contributed by atoms with Crippen molar-refractivity contribution < 1.29 is 4.74 Å². The summed E-state index contributed by atoms with van der Waals surface area (Å²) >= 11 is 16.4. The second-order valence-electron chi connectivity index (χ2n) is 4.18. The summed E-state index contributed by atoms with van der Waals surface area (Å²) in [6.07, 6.45) is 0. The zero-order valence-electron chi connectivity index (χ0n) is 10.2. The first-order valence-electron chi connectivity index (χ1n) is 5.94. The Bertz CT molecular complexity index is 531. The third kappa shape index (κ3) is 4.07. The number of ether oxygens (including phenoxy) is 1. The molecule has 1 nitrogen and oxygen atoms in total. The van der Waals surface area contributed by atoms with E-state index in [0.29, 0.717) is 28.2 Å². The topological polar surface area (TPSA) is 9.23 Å². The first-order valence-corrected chi connectivity index (χ1v) is 7.33. The van der Waals surface area contributed by atoms with E-state index in [1.165, 1.54) is 5.56 Å². The Balaban J connectivity index is 2.06. The van der Waals surface area contributed by atoms with Crippen LogP contribution in [0, 0.1) is 0 Å². The molecular formula is C15H14Cl2OS. The molecule has 2 aromatic rings. The molecule has 0 saturated carbocycles. The van der Waals surface area contributed by atoms with Gasteiger partial charge >= 0.3 is 0 Å². The van der Waals surface area contributed by atoms with Crippen LogP contribution in [0.25, 0.3) is 0 Å². The zero-order chi connectivity index (χ0) is 13.7. The predicted octanol–water partition coefficient (Wildman–Crippen LogP) is 5.09. The monoisotopic (exact) mass is 312 g/mol. The van der Waals surface area contributed by atoms with Crippen LogP contribution in [-0.2, 0) is 0 Å². The molecule has 0 saturated heterocycles. The lowest BCUT2D eigenvalue weighted by Crippen LogP contribution is -2.12. The van der Waals surface area contributed by atoms with Gasteiger partial charge in [-0.2, -0.15) is 12.6 Å². The smallest absolute Gasteiger partial charge is 0.139 e. The fourth-order valence-electron chi connectivity index (χ4n) is 1.76. The van der Waals surface area contributed by atoms with Gasteiger partial charge in [0.15, 0.2) is 0 Å². The second-order valence-corrected chi connectivity index (χ2v) is 5.38. The van der Waals surface area contributed by atoms with E-state index >= 15 is 0 Å². The van der Waals surface area contributed by atoms with Gasteiger partial charge in [0.05, 0.1) is 11.6 Å². The molecule has 2 aromatic carbocycles. The van der Waals surface area contributed by atoms with Crippen molar-refractivity contribution in [3.63, 3.8) is 0 Å². The van der Waals surface area contributed by atoms with E-state index in [1.54, 1.807) is 18.2 Å². The van der Waals surface area contributed by atoms with Gasteiger partial charge in [0.2, 0.25) is 0 Å². The molecule has 1 unspecified atom stereocenters. The van der Waals surface area contributed by atoms with Crippen LogP contribution in [0.4, 0.5) is 0 Å². The average Bonchev–Trinajstić information content (AvgIpc) is 2.44. The molecule has 0 aliphatic heterocycles. The van der Waals surface area contributed by atoms with E-state index in [4.69, 9.17) is 27.9 Å². The minimum Gasteiger partial charge on any atom is -0.491 e. The van der Waals surface area contributed by atoms with Gasteiger partial charge in [0, 0.05) is 22.8 Å². The highest BCUT2D eigenvalue weighted by molar-refractivity contribution is 7.80.